The number of hydrogen-bond acceptors (Lipinski definition) is 4. The Hall–Kier alpha value is -1.95. The van der Waals surface area contributed by atoms with Crippen LogP contribution in [-0.2, 0) is 6.42 Å². The molecule has 4 nitrogen and oxygen atoms in total. The van der Waals surface area contributed by atoms with Crippen LogP contribution in [0.3, 0.4) is 0 Å². The van der Waals surface area contributed by atoms with Crippen molar-refractivity contribution in [3.63, 3.8) is 0 Å². The molecule has 0 atom stereocenters. The summed E-state index contributed by atoms with van der Waals surface area (Å²) in [5.74, 6) is -0.0516. The molecule has 0 aliphatic heterocycles. The van der Waals surface area contributed by atoms with E-state index in [0.29, 0.717) is 24.6 Å². The maximum atomic E-state index is 13.6. The monoisotopic (exact) mass is 250 g/mol. The summed E-state index contributed by atoms with van der Waals surface area (Å²) in [5, 5.41) is 0. The van der Waals surface area contributed by atoms with Gasteiger partial charge in [-0.05, 0) is 31.7 Å². The van der Waals surface area contributed by atoms with E-state index in [1.807, 2.05) is 0 Å². The first kappa shape index (κ1) is 12.5. The van der Waals surface area contributed by atoms with Crippen LogP contribution < -0.4 is 5.73 Å². The van der Waals surface area contributed by atoms with Gasteiger partial charge in [0.15, 0.2) is 5.82 Å². The number of halogens is 2. The van der Waals surface area contributed by atoms with E-state index < -0.39 is 11.6 Å². The molecule has 0 saturated heterocycles. The summed E-state index contributed by atoms with van der Waals surface area (Å²) in [4.78, 5) is 12.2. The lowest BCUT2D eigenvalue weighted by Crippen LogP contribution is -2.09. The summed E-state index contributed by atoms with van der Waals surface area (Å²) in [6, 6.07) is 3.16. The minimum atomic E-state index is -0.569. The van der Waals surface area contributed by atoms with Gasteiger partial charge in [0, 0.05) is 6.42 Å². The van der Waals surface area contributed by atoms with E-state index >= 15 is 0 Å². The third kappa shape index (κ3) is 2.65. The van der Waals surface area contributed by atoms with Crippen molar-refractivity contribution in [2.24, 2.45) is 5.73 Å². The molecule has 0 amide bonds. The number of nitrogens with two attached hydrogens (primary N) is 1. The van der Waals surface area contributed by atoms with Crippen LogP contribution in [0.2, 0.25) is 0 Å². The minimum absolute atomic E-state index is 0.0266. The van der Waals surface area contributed by atoms with Crippen molar-refractivity contribution in [3.8, 4) is 11.4 Å². The highest BCUT2D eigenvalue weighted by Gasteiger charge is 2.11. The molecule has 18 heavy (non-hydrogen) atoms. The molecule has 1 aromatic heterocycles. The van der Waals surface area contributed by atoms with Crippen LogP contribution in [0.15, 0.2) is 18.2 Å². The Kier molecular flexibility index (Phi) is 3.57. The van der Waals surface area contributed by atoms with Crippen LogP contribution in [0.4, 0.5) is 8.78 Å². The molecular formula is C12H12F2N4. The topological polar surface area (TPSA) is 64.7 Å². The van der Waals surface area contributed by atoms with Gasteiger partial charge in [0.1, 0.15) is 23.3 Å². The largest absolute Gasteiger partial charge is 0.330 e. The van der Waals surface area contributed by atoms with Gasteiger partial charge in [-0.15, -0.1) is 0 Å². The smallest absolute Gasteiger partial charge is 0.166 e. The lowest BCUT2D eigenvalue weighted by atomic mass is 10.2. The van der Waals surface area contributed by atoms with E-state index in [1.165, 1.54) is 0 Å². The number of aromatic nitrogens is 3. The Morgan fingerprint density at radius 2 is 1.94 bits per heavy atom. The summed E-state index contributed by atoms with van der Waals surface area (Å²) in [7, 11) is 0. The highest BCUT2D eigenvalue weighted by atomic mass is 19.1. The molecule has 0 aliphatic carbocycles. The third-order valence-electron chi connectivity index (χ3n) is 2.33. The minimum Gasteiger partial charge on any atom is -0.330 e. The van der Waals surface area contributed by atoms with Crippen LogP contribution in [-0.4, -0.2) is 21.5 Å². The Labute approximate surface area is 103 Å². The van der Waals surface area contributed by atoms with Gasteiger partial charge in [0.2, 0.25) is 0 Å². The van der Waals surface area contributed by atoms with E-state index in [9.17, 15) is 8.78 Å². The van der Waals surface area contributed by atoms with Gasteiger partial charge in [-0.25, -0.2) is 23.7 Å². The highest BCUT2D eigenvalue weighted by molar-refractivity contribution is 5.55. The molecule has 1 heterocycles. The number of rotatable bonds is 3. The van der Waals surface area contributed by atoms with Crippen molar-refractivity contribution in [3.05, 3.63) is 41.5 Å². The van der Waals surface area contributed by atoms with Crippen molar-refractivity contribution in [2.45, 2.75) is 13.3 Å². The fourth-order valence-corrected chi connectivity index (χ4v) is 1.57. The summed E-state index contributed by atoms with van der Waals surface area (Å²) in [6.45, 7) is 2.05. The second-order valence-electron chi connectivity index (χ2n) is 3.79. The van der Waals surface area contributed by atoms with Gasteiger partial charge in [-0.2, -0.15) is 0 Å². The van der Waals surface area contributed by atoms with Crippen LogP contribution in [0.5, 0.6) is 0 Å². The second kappa shape index (κ2) is 5.14. The predicted molar refractivity (Wildman–Crippen MR) is 62.7 cm³/mol. The standard InChI is InChI=1S/C12H12F2N4/c1-7-16-11(4-5-15)18-12(17-7)9-6-8(13)2-3-10(9)14/h2-3,6H,4-5,15H2,1H3. The Bertz CT molecular complexity index is 572. The molecule has 0 unspecified atom stereocenters. The maximum absolute atomic E-state index is 13.6. The number of hydrogen-bond donors (Lipinski definition) is 1. The summed E-state index contributed by atoms with van der Waals surface area (Å²) in [5.41, 5.74) is 5.45. The summed E-state index contributed by atoms with van der Waals surface area (Å²) < 4.78 is 26.7. The van der Waals surface area contributed by atoms with Gasteiger partial charge < -0.3 is 5.73 Å². The van der Waals surface area contributed by atoms with Crippen LogP contribution in [0.1, 0.15) is 11.6 Å². The van der Waals surface area contributed by atoms with Crippen LogP contribution >= 0.6 is 0 Å². The number of nitrogens with zero attached hydrogens (tertiary/aromatic N) is 3. The van der Waals surface area contributed by atoms with E-state index in [-0.39, 0.29) is 11.4 Å². The summed E-state index contributed by atoms with van der Waals surface area (Å²) in [6.07, 6.45) is 0.466. The van der Waals surface area contributed by atoms with Crippen LogP contribution in [0.25, 0.3) is 11.4 Å². The fraction of sp³-hybridized carbons (Fsp3) is 0.250. The SMILES string of the molecule is Cc1nc(CCN)nc(-c2cc(F)ccc2F)n1. The molecule has 94 valence electrons. The van der Waals surface area contributed by atoms with Crippen molar-refractivity contribution >= 4 is 0 Å². The average Bonchev–Trinajstić information content (AvgIpc) is 2.32. The van der Waals surface area contributed by atoms with Gasteiger partial charge >= 0.3 is 0 Å². The van der Waals surface area contributed by atoms with E-state index in [4.69, 9.17) is 5.73 Å². The first-order valence-corrected chi connectivity index (χ1v) is 5.47. The predicted octanol–water partition coefficient (Wildman–Crippen LogP) is 1.63. The van der Waals surface area contributed by atoms with E-state index in [0.717, 1.165) is 18.2 Å². The molecular weight excluding hydrogens is 238 g/mol. The lowest BCUT2D eigenvalue weighted by Gasteiger charge is -2.05. The number of benzene rings is 1. The zero-order valence-electron chi connectivity index (χ0n) is 9.82. The molecule has 0 radical (unpaired) electrons. The number of aryl methyl sites for hydroxylation is 1. The summed E-state index contributed by atoms with van der Waals surface area (Å²) >= 11 is 0. The van der Waals surface area contributed by atoms with Crippen molar-refractivity contribution in [2.75, 3.05) is 6.54 Å². The van der Waals surface area contributed by atoms with E-state index in [1.54, 1.807) is 6.92 Å². The molecule has 0 saturated carbocycles. The Balaban J connectivity index is 2.52. The first-order valence-electron chi connectivity index (χ1n) is 5.47. The quantitative estimate of drug-likeness (QED) is 0.899. The van der Waals surface area contributed by atoms with Crippen LogP contribution in [0, 0.1) is 18.6 Å². The van der Waals surface area contributed by atoms with Crippen molar-refractivity contribution < 1.29 is 8.78 Å². The molecule has 2 N–H and O–H groups in total. The van der Waals surface area contributed by atoms with Gasteiger partial charge in [-0.3, -0.25) is 0 Å². The normalized spacial score (nSPS) is 10.7. The lowest BCUT2D eigenvalue weighted by molar-refractivity contribution is 0.601. The van der Waals surface area contributed by atoms with Gasteiger partial charge in [0.05, 0.1) is 5.56 Å². The molecule has 2 aromatic rings. The molecule has 6 heteroatoms. The first-order chi connectivity index (χ1) is 8.60. The molecule has 0 aliphatic rings. The zero-order valence-corrected chi connectivity index (χ0v) is 9.82. The Morgan fingerprint density at radius 3 is 2.67 bits per heavy atom. The zero-order chi connectivity index (χ0) is 13.1. The Morgan fingerprint density at radius 1 is 1.17 bits per heavy atom. The van der Waals surface area contributed by atoms with Crippen molar-refractivity contribution in [1.82, 2.24) is 15.0 Å². The molecule has 2 rings (SSSR count). The maximum Gasteiger partial charge on any atom is 0.166 e. The molecule has 1 aromatic carbocycles. The highest BCUT2D eigenvalue weighted by Crippen LogP contribution is 2.20. The van der Waals surface area contributed by atoms with Crippen molar-refractivity contribution in [1.29, 1.82) is 0 Å². The molecule has 0 spiro atoms. The average molecular weight is 250 g/mol. The van der Waals surface area contributed by atoms with Gasteiger partial charge in [-0.1, -0.05) is 0 Å². The third-order valence-corrected chi connectivity index (χ3v) is 2.33. The van der Waals surface area contributed by atoms with E-state index in [2.05, 4.69) is 15.0 Å². The molecule has 0 fully saturated rings. The van der Waals surface area contributed by atoms with Gasteiger partial charge in [0.25, 0.3) is 0 Å². The second-order valence-corrected chi connectivity index (χ2v) is 3.79. The fourth-order valence-electron chi connectivity index (χ4n) is 1.57. The molecule has 0 bridgehead atoms.